The van der Waals surface area contributed by atoms with Crippen LogP contribution in [0, 0.1) is 0 Å². The molecule has 0 fully saturated rings. The van der Waals surface area contributed by atoms with Crippen molar-refractivity contribution in [1.29, 1.82) is 0 Å². The Balaban J connectivity index is 3.27. The molecule has 1 aromatic rings. The summed E-state index contributed by atoms with van der Waals surface area (Å²) in [4.78, 5) is 11.0. The summed E-state index contributed by atoms with van der Waals surface area (Å²) in [7, 11) is 2.07. The van der Waals surface area contributed by atoms with Gasteiger partial charge < -0.3 is 10.3 Å². The molecule has 0 aromatic heterocycles. The van der Waals surface area contributed by atoms with Crippen molar-refractivity contribution >= 4 is 20.9 Å². The predicted molar refractivity (Wildman–Crippen MR) is 51.2 cm³/mol. The maximum Gasteiger partial charge on any atom is 0.163 e. The number of nitrogens with two attached hydrogens (primary N) is 1. The Morgan fingerprint density at radius 2 is 2.25 bits per heavy atom. The van der Waals surface area contributed by atoms with Crippen molar-refractivity contribution in [2.24, 2.45) is 0 Å². The van der Waals surface area contributed by atoms with E-state index in [0.29, 0.717) is 17.0 Å². The van der Waals surface area contributed by atoms with Gasteiger partial charge in [0.1, 0.15) is 0 Å². The molecule has 0 heterocycles. The molecule has 12 heavy (non-hydrogen) atoms. The third-order valence-electron chi connectivity index (χ3n) is 1.54. The summed E-state index contributed by atoms with van der Waals surface area (Å²) in [6.07, 6.45) is 0. The van der Waals surface area contributed by atoms with Crippen molar-refractivity contribution < 1.29 is 9.32 Å². The van der Waals surface area contributed by atoms with Gasteiger partial charge in [0.2, 0.25) is 0 Å². The highest BCUT2D eigenvalue weighted by Gasteiger charge is 2.09. The number of carbonyl (C=O) groups is 1. The quantitative estimate of drug-likeness (QED) is 0.430. The summed E-state index contributed by atoms with van der Waals surface area (Å²) < 4.78 is 4.91. The molecular weight excluding hydrogens is 173 g/mol. The van der Waals surface area contributed by atoms with Crippen LogP contribution in [0.1, 0.15) is 17.3 Å². The van der Waals surface area contributed by atoms with E-state index in [4.69, 9.17) is 10.3 Å². The van der Waals surface area contributed by atoms with Crippen LogP contribution in [0.25, 0.3) is 0 Å². The summed E-state index contributed by atoms with van der Waals surface area (Å²) >= 11 is 0. The molecule has 2 N–H and O–H groups in total. The summed E-state index contributed by atoms with van der Waals surface area (Å²) in [5, 5.41) is 0. The number of para-hydroxylation sites is 1. The van der Waals surface area contributed by atoms with Crippen molar-refractivity contribution in [3.8, 4) is 5.75 Å². The zero-order valence-electron chi connectivity index (χ0n) is 6.70. The Kier molecular flexibility index (Phi) is 2.66. The smallest absolute Gasteiger partial charge is 0.163 e. The number of hydrogen-bond donors (Lipinski definition) is 1. The number of nitrogen functional groups attached to an aromatic ring is 1. The maximum absolute atomic E-state index is 11.0. The van der Waals surface area contributed by atoms with Crippen LogP contribution in [-0.2, 0) is 0 Å². The molecule has 0 radical (unpaired) electrons. The van der Waals surface area contributed by atoms with Crippen molar-refractivity contribution in [1.82, 2.24) is 0 Å². The highest BCUT2D eigenvalue weighted by Crippen LogP contribution is 2.27. The van der Waals surface area contributed by atoms with E-state index in [0.717, 1.165) is 0 Å². The molecule has 4 heteroatoms. The van der Waals surface area contributed by atoms with Crippen LogP contribution in [0.3, 0.4) is 0 Å². The Morgan fingerprint density at radius 1 is 1.58 bits per heavy atom. The maximum atomic E-state index is 11.0. The van der Waals surface area contributed by atoms with Crippen LogP contribution in [0.4, 0.5) is 5.69 Å². The van der Waals surface area contributed by atoms with Gasteiger partial charge in [-0.25, -0.2) is 0 Å². The number of hydrogen-bond acceptors (Lipinski definition) is 3. The number of Topliss-reactive ketones (excluding diaryl/α,β-unsaturated/α-hetero) is 1. The highest BCUT2D eigenvalue weighted by molar-refractivity contribution is 7.10. The first-order valence-electron chi connectivity index (χ1n) is 3.43. The largest absolute Gasteiger partial charge is 0.477 e. The lowest BCUT2D eigenvalue weighted by Gasteiger charge is -2.07. The van der Waals surface area contributed by atoms with Crippen LogP contribution in [0.2, 0.25) is 0 Å². The van der Waals surface area contributed by atoms with Gasteiger partial charge in [0, 0.05) is 0 Å². The summed E-state index contributed by atoms with van der Waals surface area (Å²) in [5.41, 5.74) is 6.55. The van der Waals surface area contributed by atoms with Gasteiger partial charge in [0.15, 0.2) is 11.5 Å². The third-order valence-corrected chi connectivity index (χ3v) is 1.78. The third kappa shape index (κ3) is 1.56. The van der Waals surface area contributed by atoms with Gasteiger partial charge in [0.25, 0.3) is 0 Å². The van der Waals surface area contributed by atoms with Crippen molar-refractivity contribution in [2.45, 2.75) is 6.92 Å². The molecule has 0 amide bonds. The molecule has 0 saturated heterocycles. The highest BCUT2D eigenvalue weighted by atomic mass is 31.0. The SMILES string of the molecule is CC(=O)c1cccc(N)c1OP. The molecule has 1 unspecified atom stereocenters. The van der Waals surface area contributed by atoms with E-state index in [-0.39, 0.29) is 5.78 Å². The molecule has 64 valence electrons. The Morgan fingerprint density at radius 3 is 2.67 bits per heavy atom. The lowest BCUT2D eigenvalue weighted by Crippen LogP contribution is -1.98. The average Bonchev–Trinajstić information content (AvgIpc) is 2.03. The molecular formula is C8H10NO2P. The molecule has 0 aliphatic heterocycles. The van der Waals surface area contributed by atoms with E-state index in [1.54, 1.807) is 18.2 Å². The predicted octanol–water partition coefficient (Wildman–Crippen LogP) is 1.64. The fraction of sp³-hybridized carbons (Fsp3) is 0.125. The van der Waals surface area contributed by atoms with E-state index < -0.39 is 0 Å². The van der Waals surface area contributed by atoms with Gasteiger partial charge >= 0.3 is 0 Å². The minimum absolute atomic E-state index is 0.0558. The van der Waals surface area contributed by atoms with E-state index >= 15 is 0 Å². The summed E-state index contributed by atoms with van der Waals surface area (Å²) in [6, 6.07) is 5.09. The molecule has 1 rings (SSSR count). The van der Waals surface area contributed by atoms with Gasteiger partial charge in [-0.1, -0.05) is 6.07 Å². The van der Waals surface area contributed by atoms with Gasteiger partial charge in [0.05, 0.1) is 20.7 Å². The fourth-order valence-corrected chi connectivity index (χ4v) is 1.23. The number of benzene rings is 1. The average molecular weight is 183 g/mol. The zero-order valence-corrected chi connectivity index (χ0v) is 7.86. The monoisotopic (exact) mass is 183 g/mol. The lowest BCUT2D eigenvalue weighted by molar-refractivity contribution is 0.101. The topological polar surface area (TPSA) is 52.3 Å². The minimum atomic E-state index is -0.0558. The molecule has 0 bridgehead atoms. The molecule has 1 aromatic carbocycles. The first-order valence-corrected chi connectivity index (χ1v) is 3.90. The van der Waals surface area contributed by atoms with E-state index in [9.17, 15) is 4.79 Å². The van der Waals surface area contributed by atoms with Gasteiger partial charge in [-0.05, 0) is 19.1 Å². The lowest BCUT2D eigenvalue weighted by atomic mass is 10.1. The van der Waals surface area contributed by atoms with Crippen LogP contribution >= 0.6 is 9.47 Å². The fourth-order valence-electron chi connectivity index (χ4n) is 0.964. The molecule has 0 aliphatic rings. The summed E-state index contributed by atoms with van der Waals surface area (Å²) in [5.74, 6) is 0.370. The molecule has 3 nitrogen and oxygen atoms in total. The van der Waals surface area contributed by atoms with Crippen molar-refractivity contribution in [3.05, 3.63) is 23.8 Å². The van der Waals surface area contributed by atoms with Gasteiger partial charge in [-0.15, -0.1) is 0 Å². The number of rotatable bonds is 2. The minimum Gasteiger partial charge on any atom is -0.477 e. The number of ketones is 1. The van der Waals surface area contributed by atoms with Crippen molar-refractivity contribution in [3.63, 3.8) is 0 Å². The van der Waals surface area contributed by atoms with E-state index in [2.05, 4.69) is 9.47 Å². The normalized spacial score (nSPS) is 9.50. The molecule has 1 atom stereocenters. The van der Waals surface area contributed by atoms with Crippen LogP contribution in [-0.4, -0.2) is 5.78 Å². The van der Waals surface area contributed by atoms with E-state index in [1.165, 1.54) is 6.92 Å². The molecule has 0 spiro atoms. The molecule has 0 saturated carbocycles. The van der Waals surface area contributed by atoms with Crippen molar-refractivity contribution in [2.75, 3.05) is 5.73 Å². The van der Waals surface area contributed by atoms with Gasteiger partial charge in [-0.3, -0.25) is 4.79 Å². The Hall–Kier alpha value is -1.08. The zero-order chi connectivity index (χ0) is 9.14. The Labute approximate surface area is 73.2 Å². The standard InChI is InChI=1S/C8H10NO2P/c1-5(10)6-3-2-4-7(9)8(6)11-12/h2-4H,9,12H2,1H3. The second kappa shape index (κ2) is 3.55. The first kappa shape index (κ1) is 9.01. The van der Waals surface area contributed by atoms with Gasteiger partial charge in [-0.2, -0.15) is 0 Å². The second-order valence-electron chi connectivity index (χ2n) is 2.40. The number of carbonyl (C=O) groups excluding carboxylic acids is 1. The molecule has 0 aliphatic carbocycles. The van der Waals surface area contributed by atoms with Crippen LogP contribution < -0.4 is 10.3 Å². The van der Waals surface area contributed by atoms with Crippen LogP contribution in [0.5, 0.6) is 5.75 Å². The first-order chi connectivity index (χ1) is 5.66. The van der Waals surface area contributed by atoms with E-state index in [1.807, 2.05) is 0 Å². The second-order valence-corrected chi connectivity index (χ2v) is 2.63. The Bertz CT molecular complexity index is 312. The number of anilines is 1. The summed E-state index contributed by atoms with van der Waals surface area (Å²) in [6.45, 7) is 1.47. The van der Waals surface area contributed by atoms with Crippen LogP contribution in [0.15, 0.2) is 18.2 Å².